The Morgan fingerprint density at radius 1 is 1.64 bits per heavy atom. The van der Waals surface area contributed by atoms with E-state index >= 15 is 0 Å². The molecule has 0 atom stereocenters. The average Bonchev–Trinajstić information content (AvgIpc) is 2.05. The topological polar surface area (TPSA) is 42.4 Å². The first-order valence-corrected chi connectivity index (χ1v) is 3.46. The number of rotatable bonds is 2. The number of aliphatic hydroxyl groups is 1. The standard InChI is InChI=1S/C7H8ClNO2/c1-11-7-3-2-5(8)6(4-10)9-7/h2-3,10H,4H2,1H3. The maximum atomic E-state index is 8.74. The monoisotopic (exact) mass is 173 g/mol. The van der Waals surface area contributed by atoms with Crippen LogP contribution >= 0.6 is 11.6 Å². The molecule has 0 saturated carbocycles. The molecule has 0 saturated heterocycles. The highest BCUT2D eigenvalue weighted by atomic mass is 35.5. The number of hydrogen-bond donors (Lipinski definition) is 1. The van der Waals surface area contributed by atoms with Gasteiger partial charge in [-0.3, -0.25) is 0 Å². The number of hydrogen-bond acceptors (Lipinski definition) is 3. The van der Waals surface area contributed by atoms with E-state index < -0.39 is 0 Å². The molecule has 3 nitrogen and oxygen atoms in total. The van der Waals surface area contributed by atoms with Gasteiger partial charge in [-0.15, -0.1) is 0 Å². The van der Waals surface area contributed by atoms with Gasteiger partial charge in [0.1, 0.15) is 0 Å². The van der Waals surface area contributed by atoms with Gasteiger partial charge in [-0.25, -0.2) is 4.98 Å². The van der Waals surface area contributed by atoms with Gasteiger partial charge in [0.25, 0.3) is 0 Å². The largest absolute Gasteiger partial charge is 0.481 e. The molecule has 0 aromatic carbocycles. The molecule has 4 heteroatoms. The van der Waals surface area contributed by atoms with Gasteiger partial charge in [0.05, 0.1) is 24.4 Å². The number of ether oxygens (including phenoxy) is 1. The molecule has 0 fully saturated rings. The predicted molar refractivity (Wildman–Crippen MR) is 41.7 cm³/mol. The van der Waals surface area contributed by atoms with E-state index in [1.165, 1.54) is 7.11 Å². The SMILES string of the molecule is COc1ccc(Cl)c(CO)n1. The second-order valence-corrected chi connectivity index (χ2v) is 2.35. The van der Waals surface area contributed by atoms with E-state index in [2.05, 4.69) is 4.98 Å². The minimum Gasteiger partial charge on any atom is -0.481 e. The summed E-state index contributed by atoms with van der Waals surface area (Å²) in [6.07, 6.45) is 0. The molecule has 0 aliphatic heterocycles. The molecule has 0 bridgehead atoms. The minimum absolute atomic E-state index is 0.171. The number of halogens is 1. The van der Waals surface area contributed by atoms with Crippen LogP contribution in [0.2, 0.25) is 5.02 Å². The zero-order valence-electron chi connectivity index (χ0n) is 6.04. The number of pyridine rings is 1. The van der Waals surface area contributed by atoms with Gasteiger partial charge in [0.2, 0.25) is 5.88 Å². The number of nitrogens with zero attached hydrogens (tertiary/aromatic N) is 1. The van der Waals surface area contributed by atoms with Crippen molar-refractivity contribution in [2.45, 2.75) is 6.61 Å². The van der Waals surface area contributed by atoms with Crippen LogP contribution in [0.3, 0.4) is 0 Å². The van der Waals surface area contributed by atoms with E-state index in [4.69, 9.17) is 21.4 Å². The fraction of sp³-hybridized carbons (Fsp3) is 0.286. The van der Waals surface area contributed by atoms with Crippen LogP contribution in [0, 0.1) is 0 Å². The first kappa shape index (κ1) is 8.30. The van der Waals surface area contributed by atoms with E-state index in [1.807, 2.05) is 0 Å². The van der Waals surface area contributed by atoms with Crippen LogP contribution in [0.4, 0.5) is 0 Å². The maximum Gasteiger partial charge on any atom is 0.213 e. The van der Waals surface area contributed by atoms with Crippen LogP contribution in [-0.4, -0.2) is 17.2 Å². The Morgan fingerprint density at radius 3 is 2.91 bits per heavy atom. The molecule has 0 unspecified atom stereocenters. The molecule has 1 rings (SSSR count). The van der Waals surface area contributed by atoms with Crippen molar-refractivity contribution in [3.8, 4) is 5.88 Å². The fourth-order valence-corrected chi connectivity index (χ4v) is 0.854. The van der Waals surface area contributed by atoms with E-state index in [0.29, 0.717) is 16.6 Å². The van der Waals surface area contributed by atoms with E-state index in [9.17, 15) is 0 Å². The molecule has 0 amide bonds. The summed E-state index contributed by atoms with van der Waals surface area (Å²) in [7, 11) is 1.51. The van der Waals surface area contributed by atoms with Crippen molar-refractivity contribution in [3.63, 3.8) is 0 Å². The van der Waals surface area contributed by atoms with Crippen LogP contribution in [0.1, 0.15) is 5.69 Å². The Bertz CT molecular complexity index is 252. The second kappa shape index (κ2) is 3.55. The van der Waals surface area contributed by atoms with Gasteiger partial charge in [0, 0.05) is 6.07 Å². The van der Waals surface area contributed by atoms with Crippen molar-refractivity contribution in [1.29, 1.82) is 0 Å². The Hall–Kier alpha value is -0.800. The quantitative estimate of drug-likeness (QED) is 0.732. The molecular formula is C7H8ClNO2. The van der Waals surface area contributed by atoms with Crippen molar-refractivity contribution in [2.75, 3.05) is 7.11 Å². The number of aromatic nitrogens is 1. The molecule has 1 aromatic heterocycles. The summed E-state index contributed by atoms with van der Waals surface area (Å²) < 4.78 is 4.83. The zero-order valence-corrected chi connectivity index (χ0v) is 6.80. The average molecular weight is 174 g/mol. The van der Waals surface area contributed by atoms with Crippen molar-refractivity contribution < 1.29 is 9.84 Å². The molecule has 1 heterocycles. The minimum atomic E-state index is -0.171. The van der Waals surface area contributed by atoms with Gasteiger partial charge in [-0.1, -0.05) is 11.6 Å². The molecule has 60 valence electrons. The van der Waals surface area contributed by atoms with Gasteiger partial charge < -0.3 is 9.84 Å². The highest BCUT2D eigenvalue weighted by molar-refractivity contribution is 6.31. The highest BCUT2D eigenvalue weighted by Crippen LogP contribution is 2.17. The number of aliphatic hydroxyl groups excluding tert-OH is 1. The summed E-state index contributed by atoms with van der Waals surface area (Å²) in [6.45, 7) is -0.171. The fourth-order valence-electron chi connectivity index (χ4n) is 0.689. The van der Waals surface area contributed by atoms with Crippen LogP contribution in [0.15, 0.2) is 12.1 Å². The third-order valence-corrected chi connectivity index (χ3v) is 1.60. The lowest BCUT2D eigenvalue weighted by Gasteiger charge is -2.01. The Balaban J connectivity index is 3.02. The predicted octanol–water partition coefficient (Wildman–Crippen LogP) is 1.24. The molecule has 1 N–H and O–H groups in total. The third kappa shape index (κ3) is 1.82. The molecule has 0 aliphatic rings. The summed E-state index contributed by atoms with van der Waals surface area (Å²) in [6, 6.07) is 3.28. The maximum absolute atomic E-state index is 8.74. The summed E-state index contributed by atoms with van der Waals surface area (Å²) in [5, 5.41) is 9.19. The van der Waals surface area contributed by atoms with Crippen LogP contribution in [0.25, 0.3) is 0 Å². The Labute approximate surface area is 69.6 Å². The lowest BCUT2D eigenvalue weighted by atomic mass is 10.3. The van der Waals surface area contributed by atoms with Gasteiger partial charge in [-0.2, -0.15) is 0 Å². The lowest BCUT2D eigenvalue weighted by Crippen LogP contribution is -1.93. The van der Waals surface area contributed by atoms with Crippen molar-refractivity contribution in [2.24, 2.45) is 0 Å². The van der Waals surface area contributed by atoms with Crippen LogP contribution in [0.5, 0.6) is 5.88 Å². The van der Waals surface area contributed by atoms with E-state index in [1.54, 1.807) is 12.1 Å². The number of methoxy groups -OCH3 is 1. The van der Waals surface area contributed by atoms with Gasteiger partial charge >= 0.3 is 0 Å². The first-order chi connectivity index (χ1) is 5.27. The smallest absolute Gasteiger partial charge is 0.213 e. The molecule has 11 heavy (non-hydrogen) atoms. The van der Waals surface area contributed by atoms with E-state index in [0.717, 1.165) is 0 Å². The lowest BCUT2D eigenvalue weighted by molar-refractivity contribution is 0.274. The van der Waals surface area contributed by atoms with Crippen LogP contribution < -0.4 is 4.74 Å². The van der Waals surface area contributed by atoms with Crippen molar-refractivity contribution in [3.05, 3.63) is 22.8 Å². The Kier molecular flexibility index (Phi) is 2.68. The first-order valence-electron chi connectivity index (χ1n) is 3.08. The van der Waals surface area contributed by atoms with Crippen molar-refractivity contribution >= 4 is 11.6 Å². The summed E-state index contributed by atoms with van der Waals surface area (Å²) in [5.74, 6) is 0.457. The normalized spacial score (nSPS) is 9.73. The zero-order chi connectivity index (χ0) is 8.27. The van der Waals surface area contributed by atoms with Crippen LogP contribution in [-0.2, 0) is 6.61 Å². The highest BCUT2D eigenvalue weighted by Gasteiger charge is 2.01. The molecular weight excluding hydrogens is 166 g/mol. The molecule has 1 aromatic rings. The van der Waals surface area contributed by atoms with Crippen molar-refractivity contribution in [1.82, 2.24) is 4.98 Å². The van der Waals surface area contributed by atoms with Gasteiger partial charge in [0.15, 0.2) is 0 Å². The third-order valence-electron chi connectivity index (χ3n) is 1.25. The molecule has 0 radical (unpaired) electrons. The Morgan fingerprint density at radius 2 is 2.36 bits per heavy atom. The molecule has 0 aliphatic carbocycles. The van der Waals surface area contributed by atoms with E-state index in [-0.39, 0.29) is 6.61 Å². The second-order valence-electron chi connectivity index (χ2n) is 1.94. The van der Waals surface area contributed by atoms with Gasteiger partial charge in [-0.05, 0) is 6.07 Å². The molecule has 0 spiro atoms. The summed E-state index contributed by atoms with van der Waals surface area (Å²) in [4.78, 5) is 3.91. The summed E-state index contributed by atoms with van der Waals surface area (Å²) in [5.41, 5.74) is 0.436. The summed E-state index contributed by atoms with van der Waals surface area (Å²) >= 11 is 5.68.